The summed E-state index contributed by atoms with van der Waals surface area (Å²) >= 11 is 6.17. The van der Waals surface area contributed by atoms with E-state index in [0.29, 0.717) is 16.4 Å². The Morgan fingerprint density at radius 3 is 2.37 bits per heavy atom. The number of ether oxygens (including phenoxy) is 1. The van der Waals surface area contributed by atoms with Gasteiger partial charge in [-0.15, -0.1) is 0 Å². The second-order valence-electron chi connectivity index (χ2n) is 5.99. The molecule has 0 fully saturated rings. The summed E-state index contributed by atoms with van der Waals surface area (Å²) in [6.45, 7) is 0. The van der Waals surface area contributed by atoms with Crippen LogP contribution in [0.25, 0.3) is 22.3 Å². The van der Waals surface area contributed by atoms with Crippen molar-refractivity contribution in [3.8, 4) is 22.8 Å². The highest BCUT2D eigenvalue weighted by Gasteiger charge is 2.07. The predicted molar refractivity (Wildman–Crippen MR) is 107 cm³/mol. The van der Waals surface area contributed by atoms with E-state index >= 15 is 0 Å². The van der Waals surface area contributed by atoms with Crippen LogP contribution in [-0.4, -0.2) is 12.2 Å². The number of phenolic OH excluding ortho intramolecular Hbond substituents is 1. The Kier molecular flexibility index (Phi) is 4.57. The summed E-state index contributed by atoms with van der Waals surface area (Å²) in [5.41, 5.74) is 2.32. The molecule has 1 N–H and O–H groups in total. The van der Waals surface area contributed by atoms with Crippen LogP contribution in [0.2, 0.25) is 5.02 Å². The van der Waals surface area contributed by atoms with Gasteiger partial charge in [0, 0.05) is 22.0 Å². The molecule has 1 heterocycles. The molecule has 3 aromatic carbocycles. The van der Waals surface area contributed by atoms with Gasteiger partial charge in [-0.05, 0) is 66.7 Å². The zero-order valence-corrected chi connectivity index (χ0v) is 15.3. The lowest BCUT2D eigenvalue weighted by Gasteiger charge is -2.06. The molecule has 4 nitrogen and oxygen atoms in total. The van der Waals surface area contributed by atoms with Crippen LogP contribution < -0.4 is 10.1 Å². The monoisotopic (exact) mass is 377 g/mol. The first-order valence-corrected chi connectivity index (χ1v) is 8.72. The molecule has 0 amide bonds. The molecule has 4 rings (SSSR count). The van der Waals surface area contributed by atoms with E-state index in [-0.39, 0.29) is 5.75 Å². The quantitative estimate of drug-likeness (QED) is 0.498. The van der Waals surface area contributed by atoms with Gasteiger partial charge in [0.1, 0.15) is 22.8 Å². The number of rotatable bonds is 3. The summed E-state index contributed by atoms with van der Waals surface area (Å²) in [5, 5.41) is 11.6. The van der Waals surface area contributed by atoms with Gasteiger partial charge >= 0.3 is 0 Å². The van der Waals surface area contributed by atoms with Crippen molar-refractivity contribution >= 4 is 28.3 Å². The molecule has 0 saturated carbocycles. The van der Waals surface area contributed by atoms with E-state index in [2.05, 4.69) is 0 Å². The Balaban J connectivity index is 1.94. The molecule has 0 saturated heterocycles. The number of aromatic hydroxyl groups is 1. The van der Waals surface area contributed by atoms with Crippen LogP contribution in [0.3, 0.4) is 0 Å². The number of benzene rings is 3. The summed E-state index contributed by atoms with van der Waals surface area (Å²) in [6, 6.07) is 21.7. The summed E-state index contributed by atoms with van der Waals surface area (Å²) in [7, 11) is 1.63. The molecule has 0 unspecified atom stereocenters. The van der Waals surface area contributed by atoms with Gasteiger partial charge < -0.3 is 14.3 Å². The molecule has 5 heteroatoms. The minimum Gasteiger partial charge on any atom is -0.508 e. The lowest BCUT2D eigenvalue weighted by atomic mass is 10.1. The minimum atomic E-state index is 0.198. The zero-order valence-electron chi connectivity index (χ0n) is 14.5. The summed E-state index contributed by atoms with van der Waals surface area (Å²) in [4.78, 5) is 4.72. The third-order valence-corrected chi connectivity index (χ3v) is 4.41. The van der Waals surface area contributed by atoms with E-state index in [1.807, 2.05) is 42.5 Å². The third-order valence-electron chi connectivity index (χ3n) is 4.18. The van der Waals surface area contributed by atoms with E-state index in [9.17, 15) is 5.11 Å². The highest BCUT2D eigenvalue weighted by Crippen LogP contribution is 2.26. The Hall–Kier alpha value is -3.24. The van der Waals surface area contributed by atoms with Crippen LogP contribution in [0, 0.1) is 0 Å². The van der Waals surface area contributed by atoms with Crippen molar-refractivity contribution in [3.63, 3.8) is 0 Å². The van der Waals surface area contributed by atoms with Crippen molar-refractivity contribution in [2.75, 3.05) is 7.11 Å². The van der Waals surface area contributed by atoms with Gasteiger partial charge in [0.2, 0.25) is 0 Å². The van der Waals surface area contributed by atoms with Crippen LogP contribution in [0.5, 0.6) is 11.5 Å². The Morgan fingerprint density at radius 1 is 0.926 bits per heavy atom. The molecule has 0 radical (unpaired) electrons. The molecule has 1 aromatic heterocycles. The van der Waals surface area contributed by atoms with Crippen molar-refractivity contribution < 1.29 is 14.3 Å². The van der Waals surface area contributed by atoms with E-state index < -0.39 is 0 Å². The average molecular weight is 378 g/mol. The maximum absolute atomic E-state index is 9.48. The van der Waals surface area contributed by atoms with Crippen molar-refractivity contribution in [1.29, 1.82) is 0 Å². The van der Waals surface area contributed by atoms with Crippen LogP contribution in [-0.2, 0) is 0 Å². The van der Waals surface area contributed by atoms with Gasteiger partial charge in [-0.25, -0.2) is 4.99 Å². The number of fused-ring (bicyclic) bond motifs is 1. The zero-order chi connectivity index (χ0) is 18.8. The fourth-order valence-corrected chi connectivity index (χ4v) is 2.97. The first kappa shape index (κ1) is 17.2. The SMILES string of the molecule is COc1ccc(-c2cc(=Nc3ccc(O)cc3)c3cc(Cl)ccc3o2)cc1. The highest BCUT2D eigenvalue weighted by molar-refractivity contribution is 6.31. The normalized spacial score (nSPS) is 11.7. The Bertz CT molecular complexity index is 1160. The first-order chi connectivity index (χ1) is 13.1. The van der Waals surface area contributed by atoms with Crippen molar-refractivity contribution in [1.82, 2.24) is 0 Å². The molecule has 0 aliphatic heterocycles. The molecular weight excluding hydrogens is 362 g/mol. The number of hydrogen-bond donors (Lipinski definition) is 1. The van der Waals surface area contributed by atoms with Crippen LogP contribution in [0.1, 0.15) is 0 Å². The molecule has 4 aromatic rings. The minimum absolute atomic E-state index is 0.198. The molecule has 0 bridgehead atoms. The van der Waals surface area contributed by atoms with Gasteiger partial charge in [-0.1, -0.05) is 11.6 Å². The number of phenols is 1. The lowest BCUT2D eigenvalue weighted by molar-refractivity contribution is 0.415. The first-order valence-electron chi connectivity index (χ1n) is 8.34. The van der Waals surface area contributed by atoms with Gasteiger partial charge in [-0.2, -0.15) is 0 Å². The number of halogens is 1. The maximum Gasteiger partial charge on any atom is 0.136 e. The number of nitrogens with zero attached hydrogens (tertiary/aromatic N) is 1. The smallest absolute Gasteiger partial charge is 0.136 e. The summed E-state index contributed by atoms with van der Waals surface area (Å²) in [6.07, 6.45) is 0. The second kappa shape index (κ2) is 7.17. The molecule has 0 spiro atoms. The fourth-order valence-electron chi connectivity index (χ4n) is 2.80. The Labute approximate surface area is 161 Å². The fraction of sp³-hybridized carbons (Fsp3) is 0.0455. The predicted octanol–water partition coefficient (Wildman–Crippen LogP) is 5.70. The standard InChI is InChI=1S/C22H16ClNO3/c1-26-18-9-2-14(3-10-18)22-13-20(24-16-5-7-17(25)8-6-16)19-12-15(23)4-11-21(19)27-22/h2-13,25H,1H3. The van der Waals surface area contributed by atoms with Gasteiger partial charge in [0.25, 0.3) is 0 Å². The maximum atomic E-state index is 9.48. The van der Waals surface area contributed by atoms with Crippen molar-refractivity contribution in [3.05, 3.63) is 83.2 Å². The number of methoxy groups -OCH3 is 1. The second-order valence-corrected chi connectivity index (χ2v) is 6.43. The summed E-state index contributed by atoms with van der Waals surface area (Å²) in [5.74, 6) is 1.66. The van der Waals surface area contributed by atoms with Gasteiger partial charge in [-0.3, -0.25) is 0 Å². The molecular formula is C22H16ClNO3. The third kappa shape index (κ3) is 3.66. The Morgan fingerprint density at radius 2 is 1.67 bits per heavy atom. The highest BCUT2D eigenvalue weighted by atomic mass is 35.5. The van der Waals surface area contributed by atoms with Crippen LogP contribution in [0.4, 0.5) is 5.69 Å². The molecule has 27 heavy (non-hydrogen) atoms. The van der Waals surface area contributed by atoms with E-state index in [4.69, 9.17) is 25.7 Å². The molecule has 0 aliphatic carbocycles. The molecule has 0 atom stereocenters. The van der Waals surface area contributed by atoms with Gasteiger partial charge in [0.05, 0.1) is 18.2 Å². The van der Waals surface area contributed by atoms with Gasteiger partial charge in [0.15, 0.2) is 0 Å². The van der Waals surface area contributed by atoms with E-state index in [1.54, 1.807) is 37.4 Å². The number of hydrogen-bond acceptors (Lipinski definition) is 4. The van der Waals surface area contributed by atoms with E-state index in [1.165, 1.54) is 0 Å². The van der Waals surface area contributed by atoms with Crippen molar-refractivity contribution in [2.45, 2.75) is 0 Å². The van der Waals surface area contributed by atoms with E-state index in [0.717, 1.165) is 27.7 Å². The topological polar surface area (TPSA) is 55.0 Å². The molecule has 0 aliphatic rings. The molecule has 134 valence electrons. The largest absolute Gasteiger partial charge is 0.508 e. The average Bonchev–Trinajstić information content (AvgIpc) is 2.70. The van der Waals surface area contributed by atoms with Crippen LogP contribution >= 0.6 is 11.6 Å². The van der Waals surface area contributed by atoms with Crippen LogP contribution in [0.15, 0.2) is 82.2 Å². The lowest BCUT2D eigenvalue weighted by Crippen LogP contribution is -2.03. The summed E-state index contributed by atoms with van der Waals surface area (Å²) < 4.78 is 11.3. The van der Waals surface area contributed by atoms with Crippen molar-refractivity contribution in [2.24, 2.45) is 4.99 Å².